The molecule has 0 atom stereocenters. The van der Waals surface area contributed by atoms with E-state index >= 15 is 0 Å². The zero-order valence-corrected chi connectivity index (χ0v) is 13.0. The van der Waals surface area contributed by atoms with Crippen molar-refractivity contribution in [3.63, 3.8) is 0 Å². The van der Waals surface area contributed by atoms with Crippen molar-refractivity contribution in [3.05, 3.63) is 71.4 Å². The maximum absolute atomic E-state index is 5.93. The van der Waals surface area contributed by atoms with Gasteiger partial charge < -0.3 is 0 Å². The van der Waals surface area contributed by atoms with Crippen molar-refractivity contribution in [1.29, 1.82) is 0 Å². The Bertz CT molecular complexity index is 705. The molecule has 100 valence electrons. The number of alkyl halides is 1. The van der Waals surface area contributed by atoms with E-state index in [1.165, 1.54) is 0 Å². The summed E-state index contributed by atoms with van der Waals surface area (Å²) in [6, 6.07) is 19.9. The molecule has 1 heterocycles. The lowest BCUT2D eigenvalue weighted by atomic mass is 10.1. The van der Waals surface area contributed by atoms with E-state index in [-0.39, 0.29) is 0 Å². The van der Waals surface area contributed by atoms with Crippen molar-refractivity contribution in [3.8, 4) is 16.9 Å². The molecular formula is C16H12BrClN2. The summed E-state index contributed by atoms with van der Waals surface area (Å²) < 4.78 is 1.94. The minimum absolute atomic E-state index is 0.726. The van der Waals surface area contributed by atoms with Crippen molar-refractivity contribution in [2.24, 2.45) is 0 Å². The lowest BCUT2D eigenvalue weighted by Gasteiger charge is -2.05. The Morgan fingerprint density at radius 1 is 1.00 bits per heavy atom. The van der Waals surface area contributed by atoms with Crippen LogP contribution in [0.25, 0.3) is 16.9 Å². The third-order valence-corrected chi connectivity index (χ3v) is 3.89. The van der Waals surface area contributed by atoms with E-state index in [1.807, 2.05) is 47.1 Å². The molecule has 3 rings (SSSR count). The van der Waals surface area contributed by atoms with E-state index in [0.29, 0.717) is 0 Å². The first-order valence-electron chi connectivity index (χ1n) is 6.24. The summed E-state index contributed by atoms with van der Waals surface area (Å²) in [4.78, 5) is 0. The first-order valence-corrected chi connectivity index (χ1v) is 7.74. The molecule has 0 saturated carbocycles. The van der Waals surface area contributed by atoms with Gasteiger partial charge in [-0.15, -0.1) is 0 Å². The van der Waals surface area contributed by atoms with Crippen molar-refractivity contribution >= 4 is 27.5 Å². The average molecular weight is 348 g/mol. The molecule has 4 heteroatoms. The molecule has 0 radical (unpaired) electrons. The highest BCUT2D eigenvalue weighted by Crippen LogP contribution is 2.23. The zero-order valence-electron chi connectivity index (χ0n) is 10.6. The number of rotatable bonds is 3. The molecule has 0 bridgehead atoms. The van der Waals surface area contributed by atoms with Crippen molar-refractivity contribution < 1.29 is 0 Å². The summed E-state index contributed by atoms with van der Waals surface area (Å²) in [7, 11) is 0. The second-order valence-electron chi connectivity index (χ2n) is 4.41. The number of hydrogen-bond acceptors (Lipinski definition) is 1. The van der Waals surface area contributed by atoms with Crippen LogP contribution in [0.1, 0.15) is 5.69 Å². The standard InChI is InChI=1S/C16H12BrClN2/c17-11-15-10-16(12-4-2-1-3-5-12)19-20(15)14-8-6-13(18)7-9-14/h1-10H,11H2. The molecule has 0 aliphatic carbocycles. The first-order chi connectivity index (χ1) is 9.78. The van der Waals surface area contributed by atoms with Crippen LogP contribution in [0.5, 0.6) is 0 Å². The highest BCUT2D eigenvalue weighted by atomic mass is 79.9. The molecule has 3 aromatic rings. The Morgan fingerprint density at radius 2 is 1.70 bits per heavy atom. The van der Waals surface area contributed by atoms with Gasteiger partial charge in [0.25, 0.3) is 0 Å². The minimum Gasteiger partial charge on any atom is -0.236 e. The smallest absolute Gasteiger partial charge is 0.0930 e. The number of aromatic nitrogens is 2. The Hall–Kier alpha value is -1.58. The number of hydrogen-bond donors (Lipinski definition) is 0. The first kappa shape index (κ1) is 13.4. The van der Waals surface area contributed by atoms with Gasteiger partial charge in [0.2, 0.25) is 0 Å². The van der Waals surface area contributed by atoms with Crippen LogP contribution in [-0.2, 0) is 5.33 Å². The van der Waals surface area contributed by atoms with Crippen LogP contribution in [0, 0.1) is 0 Å². The van der Waals surface area contributed by atoms with Crippen LogP contribution in [0.3, 0.4) is 0 Å². The van der Waals surface area contributed by atoms with E-state index in [0.717, 1.165) is 33.0 Å². The molecule has 2 nitrogen and oxygen atoms in total. The zero-order chi connectivity index (χ0) is 13.9. The predicted octanol–water partition coefficient (Wildman–Crippen LogP) is 5.09. The Balaban J connectivity index is 2.07. The maximum Gasteiger partial charge on any atom is 0.0930 e. The molecule has 0 unspecified atom stereocenters. The van der Waals surface area contributed by atoms with E-state index < -0.39 is 0 Å². The lowest BCUT2D eigenvalue weighted by molar-refractivity contribution is 0.846. The Labute approximate surface area is 131 Å². The van der Waals surface area contributed by atoms with E-state index in [9.17, 15) is 0 Å². The quantitative estimate of drug-likeness (QED) is 0.604. The summed E-state index contributed by atoms with van der Waals surface area (Å²) in [5, 5.41) is 6.17. The molecule has 0 spiro atoms. The molecule has 0 fully saturated rings. The van der Waals surface area contributed by atoms with E-state index in [1.54, 1.807) is 0 Å². The Morgan fingerprint density at radius 3 is 2.35 bits per heavy atom. The highest BCUT2D eigenvalue weighted by molar-refractivity contribution is 9.08. The number of benzene rings is 2. The van der Waals surface area contributed by atoms with Crippen LogP contribution in [0.2, 0.25) is 5.02 Å². The van der Waals surface area contributed by atoms with Gasteiger partial charge in [-0.05, 0) is 30.3 Å². The van der Waals surface area contributed by atoms with Gasteiger partial charge in [0, 0.05) is 15.9 Å². The largest absolute Gasteiger partial charge is 0.236 e. The number of halogens is 2. The Kier molecular flexibility index (Phi) is 3.90. The summed E-state index contributed by atoms with van der Waals surface area (Å²) >= 11 is 9.45. The summed E-state index contributed by atoms with van der Waals surface area (Å²) in [5.41, 5.74) is 4.19. The van der Waals surface area contributed by atoms with Crippen molar-refractivity contribution in [1.82, 2.24) is 9.78 Å². The van der Waals surface area contributed by atoms with Gasteiger partial charge in [-0.25, -0.2) is 4.68 Å². The summed E-state index contributed by atoms with van der Waals surface area (Å²) in [6.07, 6.45) is 0. The van der Waals surface area contributed by atoms with Crippen LogP contribution in [0.15, 0.2) is 60.7 Å². The highest BCUT2D eigenvalue weighted by Gasteiger charge is 2.10. The maximum atomic E-state index is 5.93. The normalized spacial score (nSPS) is 10.7. The number of nitrogens with zero attached hydrogens (tertiary/aromatic N) is 2. The molecule has 0 aliphatic heterocycles. The molecular weight excluding hydrogens is 336 g/mol. The molecule has 0 amide bonds. The van der Waals surface area contributed by atoms with Gasteiger partial charge in [0.15, 0.2) is 0 Å². The minimum atomic E-state index is 0.726. The van der Waals surface area contributed by atoms with Crippen LogP contribution < -0.4 is 0 Å². The van der Waals surface area contributed by atoms with E-state index in [2.05, 4.69) is 34.1 Å². The molecule has 2 aromatic carbocycles. The summed E-state index contributed by atoms with van der Waals surface area (Å²) in [5.74, 6) is 0. The monoisotopic (exact) mass is 346 g/mol. The fourth-order valence-electron chi connectivity index (χ4n) is 2.07. The third-order valence-electron chi connectivity index (χ3n) is 3.06. The molecule has 0 aliphatic rings. The lowest BCUT2D eigenvalue weighted by Crippen LogP contribution is -2.00. The van der Waals surface area contributed by atoms with Gasteiger partial charge in [-0.2, -0.15) is 5.10 Å². The molecule has 20 heavy (non-hydrogen) atoms. The van der Waals surface area contributed by atoms with Crippen LogP contribution >= 0.6 is 27.5 Å². The molecule has 1 aromatic heterocycles. The van der Waals surface area contributed by atoms with Gasteiger partial charge in [-0.1, -0.05) is 57.9 Å². The third kappa shape index (κ3) is 2.65. The van der Waals surface area contributed by atoms with Crippen molar-refractivity contribution in [2.45, 2.75) is 5.33 Å². The van der Waals surface area contributed by atoms with Crippen LogP contribution in [-0.4, -0.2) is 9.78 Å². The second kappa shape index (κ2) is 5.81. The van der Waals surface area contributed by atoms with Crippen LogP contribution in [0.4, 0.5) is 0 Å². The molecule has 0 N–H and O–H groups in total. The predicted molar refractivity (Wildman–Crippen MR) is 86.6 cm³/mol. The topological polar surface area (TPSA) is 17.8 Å². The molecule has 0 saturated heterocycles. The van der Waals surface area contributed by atoms with Gasteiger partial charge >= 0.3 is 0 Å². The van der Waals surface area contributed by atoms with E-state index in [4.69, 9.17) is 16.7 Å². The second-order valence-corrected chi connectivity index (χ2v) is 5.41. The fraction of sp³-hybridized carbons (Fsp3) is 0.0625. The fourth-order valence-corrected chi connectivity index (χ4v) is 2.60. The van der Waals surface area contributed by atoms with Crippen molar-refractivity contribution in [2.75, 3.05) is 0 Å². The van der Waals surface area contributed by atoms with Gasteiger partial charge in [0.05, 0.1) is 17.1 Å². The average Bonchev–Trinajstić information content (AvgIpc) is 2.93. The van der Waals surface area contributed by atoms with Gasteiger partial charge in [-0.3, -0.25) is 0 Å². The summed E-state index contributed by atoms with van der Waals surface area (Å²) in [6.45, 7) is 0. The van der Waals surface area contributed by atoms with Gasteiger partial charge in [0.1, 0.15) is 0 Å². The SMILES string of the molecule is Clc1ccc(-n2nc(-c3ccccc3)cc2CBr)cc1.